The number of ether oxygens (including phenoxy) is 1. The van der Waals surface area contributed by atoms with Gasteiger partial charge in [-0.3, -0.25) is 4.79 Å². The number of aliphatic carboxylic acids is 1. The van der Waals surface area contributed by atoms with Crippen molar-refractivity contribution in [1.29, 1.82) is 0 Å². The van der Waals surface area contributed by atoms with E-state index in [1.807, 2.05) is 6.92 Å². The zero-order valence-corrected chi connectivity index (χ0v) is 10.8. The molecule has 0 fully saturated rings. The minimum Gasteiger partial charge on any atom is -0.497 e. The van der Waals surface area contributed by atoms with E-state index in [1.54, 1.807) is 31.4 Å². The highest BCUT2D eigenvalue weighted by Gasteiger charge is 2.21. The predicted octanol–water partition coefficient (Wildman–Crippen LogP) is 2.62. The monoisotopic (exact) mass is 252 g/mol. The van der Waals surface area contributed by atoms with E-state index in [-0.39, 0.29) is 6.42 Å². The lowest BCUT2D eigenvalue weighted by atomic mass is 9.93. The molecule has 18 heavy (non-hydrogen) atoms. The lowest BCUT2D eigenvalue weighted by Gasteiger charge is -2.17. The molecule has 0 saturated carbocycles. The van der Waals surface area contributed by atoms with Crippen molar-refractivity contribution in [2.75, 3.05) is 7.11 Å². The summed E-state index contributed by atoms with van der Waals surface area (Å²) >= 11 is 0. The quantitative estimate of drug-likeness (QED) is 0.782. The van der Waals surface area contributed by atoms with E-state index in [2.05, 4.69) is 0 Å². The number of benzene rings is 1. The lowest BCUT2D eigenvalue weighted by molar-refractivity contribution is -0.143. The van der Waals surface area contributed by atoms with E-state index >= 15 is 0 Å². The minimum absolute atomic E-state index is 0.232. The van der Waals surface area contributed by atoms with Gasteiger partial charge in [-0.15, -0.1) is 0 Å². The third-order valence-electron chi connectivity index (χ3n) is 2.97. The van der Waals surface area contributed by atoms with Crippen molar-refractivity contribution in [2.24, 2.45) is 5.92 Å². The highest BCUT2D eigenvalue weighted by Crippen LogP contribution is 2.26. The Balaban J connectivity index is 2.73. The van der Waals surface area contributed by atoms with E-state index in [1.165, 1.54) is 0 Å². The van der Waals surface area contributed by atoms with Crippen LogP contribution in [0, 0.1) is 5.92 Å². The normalized spacial score (nSPS) is 13.9. The largest absolute Gasteiger partial charge is 0.497 e. The average molecular weight is 252 g/mol. The summed E-state index contributed by atoms with van der Waals surface area (Å²) in [7, 11) is 1.56. The summed E-state index contributed by atoms with van der Waals surface area (Å²) in [6.07, 6.45) is 0.835. The maximum atomic E-state index is 11.0. The number of hydrogen-bond donors (Lipinski definition) is 2. The maximum absolute atomic E-state index is 11.0. The molecule has 100 valence electrons. The van der Waals surface area contributed by atoms with Gasteiger partial charge in [0.15, 0.2) is 0 Å². The third-order valence-corrected chi connectivity index (χ3v) is 2.97. The molecule has 0 heterocycles. The van der Waals surface area contributed by atoms with E-state index in [9.17, 15) is 9.90 Å². The third kappa shape index (κ3) is 4.04. The summed E-state index contributed by atoms with van der Waals surface area (Å²) in [5.41, 5.74) is 0.691. The van der Waals surface area contributed by atoms with Gasteiger partial charge >= 0.3 is 5.97 Å². The molecule has 0 bridgehead atoms. The molecule has 1 aromatic carbocycles. The molecular formula is C14H20O4. The maximum Gasteiger partial charge on any atom is 0.306 e. The van der Waals surface area contributed by atoms with Crippen molar-refractivity contribution >= 4 is 5.97 Å². The summed E-state index contributed by atoms with van der Waals surface area (Å²) in [5, 5.41) is 19.1. The number of carboxylic acids is 1. The molecule has 2 N–H and O–H groups in total. The smallest absolute Gasteiger partial charge is 0.306 e. The summed E-state index contributed by atoms with van der Waals surface area (Å²) in [5.74, 6) is -0.691. The van der Waals surface area contributed by atoms with Crippen molar-refractivity contribution in [2.45, 2.75) is 32.3 Å². The summed E-state index contributed by atoms with van der Waals surface area (Å²) < 4.78 is 5.08. The van der Waals surface area contributed by atoms with Gasteiger partial charge in [0.25, 0.3) is 0 Å². The Morgan fingerprint density at radius 2 is 2.17 bits per heavy atom. The van der Waals surface area contributed by atoms with Crippen LogP contribution in [-0.4, -0.2) is 23.3 Å². The highest BCUT2D eigenvalue weighted by atomic mass is 16.5. The molecule has 0 aliphatic carbocycles. The van der Waals surface area contributed by atoms with E-state index in [0.29, 0.717) is 17.7 Å². The van der Waals surface area contributed by atoms with Crippen LogP contribution in [0.4, 0.5) is 0 Å². The summed E-state index contributed by atoms with van der Waals surface area (Å²) in [6, 6.07) is 7.08. The fourth-order valence-electron chi connectivity index (χ4n) is 1.94. The Morgan fingerprint density at radius 3 is 2.72 bits per heavy atom. The van der Waals surface area contributed by atoms with E-state index in [0.717, 1.165) is 6.42 Å². The fraction of sp³-hybridized carbons (Fsp3) is 0.500. The lowest BCUT2D eigenvalue weighted by Crippen LogP contribution is -2.17. The van der Waals surface area contributed by atoms with Crippen LogP contribution in [0.1, 0.15) is 37.9 Å². The molecule has 2 atom stereocenters. The zero-order chi connectivity index (χ0) is 13.5. The van der Waals surface area contributed by atoms with Crippen molar-refractivity contribution < 1.29 is 19.7 Å². The first-order chi connectivity index (χ1) is 8.58. The summed E-state index contributed by atoms with van der Waals surface area (Å²) in [4.78, 5) is 11.0. The molecule has 0 radical (unpaired) electrons. The molecule has 0 saturated heterocycles. The molecular weight excluding hydrogens is 232 g/mol. The molecule has 2 unspecified atom stereocenters. The number of carbonyl (C=O) groups is 1. The second-order valence-corrected chi connectivity index (χ2v) is 4.35. The fourth-order valence-corrected chi connectivity index (χ4v) is 1.94. The topological polar surface area (TPSA) is 66.8 Å². The molecule has 1 aromatic rings. The second kappa shape index (κ2) is 7.01. The van der Waals surface area contributed by atoms with Gasteiger partial charge in [0.1, 0.15) is 5.75 Å². The molecule has 0 aliphatic rings. The summed E-state index contributed by atoms with van der Waals surface area (Å²) in [6.45, 7) is 1.94. The van der Waals surface area contributed by atoms with Crippen molar-refractivity contribution in [3.05, 3.63) is 29.8 Å². The molecule has 4 nitrogen and oxygen atoms in total. The number of carboxylic acid groups (broad SMARTS) is 1. The minimum atomic E-state index is -0.848. The van der Waals surface area contributed by atoms with E-state index in [4.69, 9.17) is 9.84 Å². The Morgan fingerprint density at radius 1 is 1.44 bits per heavy atom. The van der Waals surface area contributed by atoms with Gasteiger partial charge in [0.05, 0.1) is 19.1 Å². The van der Waals surface area contributed by atoms with Crippen LogP contribution in [0.25, 0.3) is 0 Å². The standard InChI is InChI=1S/C14H20O4/c1-3-5-11(14(16)17)9-13(15)10-6-4-7-12(8-10)18-2/h4,6-8,11,13,15H,3,5,9H2,1-2H3,(H,16,17). The van der Waals surface area contributed by atoms with Crippen LogP contribution >= 0.6 is 0 Å². The number of hydrogen-bond acceptors (Lipinski definition) is 3. The molecule has 0 aromatic heterocycles. The first-order valence-corrected chi connectivity index (χ1v) is 6.13. The van der Waals surface area contributed by atoms with Gasteiger partial charge in [0, 0.05) is 0 Å². The van der Waals surface area contributed by atoms with Gasteiger partial charge in [-0.25, -0.2) is 0 Å². The average Bonchev–Trinajstić information content (AvgIpc) is 2.38. The van der Waals surface area contributed by atoms with E-state index < -0.39 is 18.0 Å². The van der Waals surface area contributed by atoms with Crippen LogP contribution in [0.15, 0.2) is 24.3 Å². The van der Waals surface area contributed by atoms with Crippen LogP contribution in [0.3, 0.4) is 0 Å². The molecule has 0 amide bonds. The number of methoxy groups -OCH3 is 1. The highest BCUT2D eigenvalue weighted by molar-refractivity contribution is 5.70. The van der Waals surface area contributed by atoms with Crippen LogP contribution in [-0.2, 0) is 4.79 Å². The Bertz CT molecular complexity index is 389. The van der Waals surface area contributed by atoms with Gasteiger partial charge < -0.3 is 14.9 Å². The van der Waals surface area contributed by atoms with Crippen LogP contribution in [0.2, 0.25) is 0 Å². The Kier molecular flexibility index (Phi) is 5.65. The first kappa shape index (κ1) is 14.5. The van der Waals surface area contributed by atoms with Crippen molar-refractivity contribution in [3.63, 3.8) is 0 Å². The van der Waals surface area contributed by atoms with Crippen molar-refractivity contribution in [1.82, 2.24) is 0 Å². The van der Waals surface area contributed by atoms with Gasteiger partial charge in [-0.2, -0.15) is 0 Å². The zero-order valence-electron chi connectivity index (χ0n) is 10.8. The molecule has 1 rings (SSSR count). The predicted molar refractivity (Wildman–Crippen MR) is 68.6 cm³/mol. The Hall–Kier alpha value is -1.55. The van der Waals surface area contributed by atoms with Crippen LogP contribution in [0.5, 0.6) is 5.75 Å². The van der Waals surface area contributed by atoms with Gasteiger partial charge in [-0.1, -0.05) is 25.5 Å². The number of aliphatic hydroxyl groups excluding tert-OH is 1. The van der Waals surface area contributed by atoms with Crippen LogP contribution < -0.4 is 4.74 Å². The molecule has 0 aliphatic heterocycles. The second-order valence-electron chi connectivity index (χ2n) is 4.35. The number of rotatable bonds is 7. The first-order valence-electron chi connectivity index (χ1n) is 6.13. The van der Waals surface area contributed by atoms with Crippen molar-refractivity contribution in [3.8, 4) is 5.75 Å². The SMILES string of the molecule is CCCC(CC(O)c1cccc(OC)c1)C(=O)O. The van der Waals surface area contributed by atoms with Gasteiger partial charge in [-0.05, 0) is 30.5 Å². The number of aliphatic hydroxyl groups is 1. The van der Waals surface area contributed by atoms with Gasteiger partial charge in [0.2, 0.25) is 0 Å². The molecule has 4 heteroatoms. The molecule has 0 spiro atoms. The Labute approximate surface area is 107 Å².